The Morgan fingerprint density at radius 1 is 0.923 bits per heavy atom. The zero-order chi connectivity index (χ0) is 18.2. The Morgan fingerprint density at radius 3 is 2.27 bits per heavy atom. The Kier molecular flexibility index (Phi) is 5.72. The number of urea groups is 1. The molecule has 0 saturated carbocycles. The van der Waals surface area contributed by atoms with E-state index >= 15 is 0 Å². The van der Waals surface area contributed by atoms with Crippen LogP contribution in [0.2, 0.25) is 0 Å². The van der Waals surface area contributed by atoms with E-state index in [0.717, 1.165) is 11.1 Å². The van der Waals surface area contributed by atoms with Gasteiger partial charge in [-0.3, -0.25) is 4.98 Å². The van der Waals surface area contributed by atoms with Crippen molar-refractivity contribution in [1.29, 1.82) is 0 Å². The first-order valence-corrected chi connectivity index (χ1v) is 7.98. The van der Waals surface area contributed by atoms with Crippen molar-refractivity contribution in [1.82, 2.24) is 20.6 Å². The zero-order valence-corrected chi connectivity index (χ0v) is 13.9. The normalized spacial score (nSPS) is 10.2. The van der Waals surface area contributed by atoms with E-state index in [0.29, 0.717) is 24.7 Å². The standard InChI is InChI=1S/C19H17FN4O2/c20-16-2-4-17(5-3-16)26-18-6-1-15(12-22-18)13-24-19(25)23-11-14-7-9-21-10-8-14/h1-10,12H,11,13H2,(H2,23,24,25). The first kappa shape index (κ1) is 17.3. The molecule has 3 aromatic rings. The number of hydrogen-bond donors (Lipinski definition) is 2. The molecule has 2 heterocycles. The van der Waals surface area contributed by atoms with Gasteiger partial charge in [0.1, 0.15) is 11.6 Å². The van der Waals surface area contributed by atoms with Crippen molar-refractivity contribution in [2.45, 2.75) is 13.1 Å². The number of nitrogens with one attached hydrogen (secondary N) is 2. The molecule has 1 aromatic carbocycles. The number of rotatable bonds is 6. The highest BCUT2D eigenvalue weighted by Crippen LogP contribution is 2.19. The summed E-state index contributed by atoms with van der Waals surface area (Å²) in [6, 6.07) is 12.6. The van der Waals surface area contributed by atoms with Gasteiger partial charge in [0.25, 0.3) is 0 Å². The van der Waals surface area contributed by atoms with Crippen LogP contribution in [-0.2, 0) is 13.1 Å². The third kappa shape index (κ3) is 5.27. The first-order valence-electron chi connectivity index (χ1n) is 7.98. The van der Waals surface area contributed by atoms with Crippen LogP contribution in [-0.4, -0.2) is 16.0 Å². The summed E-state index contributed by atoms with van der Waals surface area (Å²) in [5, 5.41) is 5.52. The quantitative estimate of drug-likeness (QED) is 0.713. The van der Waals surface area contributed by atoms with E-state index in [9.17, 15) is 9.18 Å². The second-order valence-electron chi connectivity index (χ2n) is 5.45. The summed E-state index contributed by atoms with van der Waals surface area (Å²) >= 11 is 0. The highest BCUT2D eigenvalue weighted by molar-refractivity contribution is 5.73. The lowest BCUT2D eigenvalue weighted by molar-refractivity contribution is 0.240. The van der Waals surface area contributed by atoms with Crippen LogP contribution in [0.3, 0.4) is 0 Å². The lowest BCUT2D eigenvalue weighted by atomic mass is 10.3. The van der Waals surface area contributed by atoms with Gasteiger partial charge in [0, 0.05) is 37.7 Å². The smallest absolute Gasteiger partial charge is 0.315 e. The number of carbonyl (C=O) groups excluding carboxylic acids is 1. The molecule has 0 aliphatic heterocycles. The maximum Gasteiger partial charge on any atom is 0.315 e. The van der Waals surface area contributed by atoms with Gasteiger partial charge >= 0.3 is 6.03 Å². The van der Waals surface area contributed by atoms with Gasteiger partial charge in [-0.1, -0.05) is 6.07 Å². The van der Waals surface area contributed by atoms with Crippen LogP contribution in [0.1, 0.15) is 11.1 Å². The van der Waals surface area contributed by atoms with Crippen LogP contribution in [0.15, 0.2) is 67.1 Å². The predicted octanol–water partition coefficient (Wildman–Crippen LogP) is 3.41. The van der Waals surface area contributed by atoms with Crippen LogP contribution in [0.25, 0.3) is 0 Å². The molecule has 0 saturated heterocycles. The molecule has 3 rings (SSSR count). The zero-order valence-electron chi connectivity index (χ0n) is 13.9. The summed E-state index contributed by atoms with van der Waals surface area (Å²) < 4.78 is 18.4. The van der Waals surface area contributed by atoms with Crippen molar-refractivity contribution in [3.8, 4) is 11.6 Å². The van der Waals surface area contributed by atoms with Crippen molar-refractivity contribution < 1.29 is 13.9 Å². The van der Waals surface area contributed by atoms with Crippen molar-refractivity contribution in [3.05, 3.63) is 84.1 Å². The molecule has 2 aromatic heterocycles. The average Bonchev–Trinajstić information content (AvgIpc) is 2.68. The van der Waals surface area contributed by atoms with Crippen molar-refractivity contribution in [3.63, 3.8) is 0 Å². The molecule has 26 heavy (non-hydrogen) atoms. The Bertz CT molecular complexity index is 840. The minimum atomic E-state index is -0.325. The number of benzene rings is 1. The highest BCUT2D eigenvalue weighted by Gasteiger charge is 2.03. The van der Waals surface area contributed by atoms with Crippen molar-refractivity contribution >= 4 is 6.03 Å². The number of aromatic nitrogens is 2. The first-order chi connectivity index (χ1) is 12.7. The Morgan fingerprint density at radius 2 is 1.62 bits per heavy atom. The van der Waals surface area contributed by atoms with Crippen LogP contribution < -0.4 is 15.4 Å². The molecule has 0 fully saturated rings. The number of nitrogens with zero attached hydrogens (tertiary/aromatic N) is 2. The second-order valence-corrected chi connectivity index (χ2v) is 5.45. The molecule has 2 amide bonds. The van der Waals surface area contributed by atoms with Gasteiger partial charge in [-0.25, -0.2) is 14.2 Å². The van der Waals surface area contributed by atoms with E-state index in [1.807, 2.05) is 12.1 Å². The molecule has 0 aliphatic rings. The van der Waals surface area contributed by atoms with E-state index in [1.54, 1.807) is 30.7 Å². The fraction of sp³-hybridized carbons (Fsp3) is 0.105. The van der Waals surface area contributed by atoms with E-state index in [4.69, 9.17) is 4.74 Å². The van der Waals surface area contributed by atoms with Crippen molar-refractivity contribution in [2.75, 3.05) is 0 Å². The van der Waals surface area contributed by atoms with Gasteiger partial charge in [0.2, 0.25) is 5.88 Å². The maximum atomic E-state index is 12.9. The number of hydrogen-bond acceptors (Lipinski definition) is 4. The van der Waals surface area contributed by atoms with Crippen molar-refractivity contribution in [2.24, 2.45) is 0 Å². The van der Waals surface area contributed by atoms with Gasteiger partial charge in [0.15, 0.2) is 0 Å². The number of halogens is 1. The summed E-state index contributed by atoms with van der Waals surface area (Å²) in [4.78, 5) is 19.9. The molecule has 6 nitrogen and oxygen atoms in total. The Labute approximate surface area is 150 Å². The number of ether oxygens (including phenoxy) is 1. The molecule has 0 bridgehead atoms. The van der Waals surface area contributed by atoms with Gasteiger partial charge in [-0.05, 0) is 47.5 Å². The number of amides is 2. The predicted molar refractivity (Wildman–Crippen MR) is 94.0 cm³/mol. The lowest BCUT2D eigenvalue weighted by Crippen LogP contribution is -2.34. The summed E-state index contributed by atoms with van der Waals surface area (Å²) in [6.45, 7) is 0.767. The van der Waals surface area contributed by atoms with Gasteiger partial charge in [-0.2, -0.15) is 0 Å². The second kappa shape index (κ2) is 8.57. The summed E-state index contributed by atoms with van der Waals surface area (Å²) in [6.07, 6.45) is 4.97. The lowest BCUT2D eigenvalue weighted by Gasteiger charge is -2.08. The van der Waals surface area contributed by atoms with Crippen LogP contribution in [0.4, 0.5) is 9.18 Å². The molecule has 7 heteroatoms. The van der Waals surface area contributed by atoms with Crippen LogP contribution in [0, 0.1) is 5.82 Å². The molecule has 132 valence electrons. The molecule has 0 spiro atoms. The topological polar surface area (TPSA) is 76.1 Å². The fourth-order valence-corrected chi connectivity index (χ4v) is 2.13. The van der Waals surface area contributed by atoms with E-state index < -0.39 is 0 Å². The van der Waals surface area contributed by atoms with Gasteiger partial charge in [0.05, 0.1) is 0 Å². The monoisotopic (exact) mass is 352 g/mol. The van der Waals surface area contributed by atoms with E-state index in [1.165, 1.54) is 24.3 Å². The Balaban J connectivity index is 1.45. The molecule has 0 unspecified atom stereocenters. The Hall–Kier alpha value is -3.48. The highest BCUT2D eigenvalue weighted by atomic mass is 19.1. The SMILES string of the molecule is O=C(NCc1ccncc1)NCc1ccc(Oc2ccc(F)cc2)nc1. The molecule has 2 N–H and O–H groups in total. The average molecular weight is 352 g/mol. The fourth-order valence-electron chi connectivity index (χ4n) is 2.13. The third-order valence-electron chi connectivity index (χ3n) is 3.49. The third-order valence-corrected chi connectivity index (χ3v) is 3.49. The van der Waals surface area contributed by atoms with E-state index in [-0.39, 0.29) is 11.8 Å². The summed E-state index contributed by atoms with van der Waals surface area (Å²) in [7, 11) is 0. The van der Waals surface area contributed by atoms with Crippen LogP contribution >= 0.6 is 0 Å². The molecule has 0 radical (unpaired) electrons. The van der Waals surface area contributed by atoms with Gasteiger partial charge < -0.3 is 15.4 Å². The maximum absolute atomic E-state index is 12.9. The number of carbonyl (C=O) groups is 1. The molecular formula is C19H17FN4O2. The molecule has 0 atom stereocenters. The van der Waals surface area contributed by atoms with Crippen LogP contribution in [0.5, 0.6) is 11.6 Å². The minimum Gasteiger partial charge on any atom is -0.439 e. The largest absolute Gasteiger partial charge is 0.439 e. The molecular weight excluding hydrogens is 335 g/mol. The van der Waals surface area contributed by atoms with Gasteiger partial charge in [-0.15, -0.1) is 0 Å². The van der Waals surface area contributed by atoms with E-state index in [2.05, 4.69) is 20.6 Å². The summed E-state index contributed by atoms with van der Waals surface area (Å²) in [5.74, 6) is 0.566. The minimum absolute atomic E-state index is 0.270. The molecule has 0 aliphatic carbocycles. The number of pyridine rings is 2. The summed E-state index contributed by atoms with van der Waals surface area (Å²) in [5.41, 5.74) is 1.80.